The van der Waals surface area contributed by atoms with Gasteiger partial charge in [0.15, 0.2) is 11.4 Å². The molecule has 0 bridgehead atoms. The number of anilines is 2. The van der Waals surface area contributed by atoms with Crippen LogP contribution in [0.1, 0.15) is 24.2 Å². The van der Waals surface area contributed by atoms with Crippen LogP contribution in [0.25, 0.3) is 33.2 Å². The number of aromatic nitrogens is 2. The molecular formula is C31H27FN4O4. The molecule has 1 amide bonds. The highest BCUT2D eigenvalue weighted by Gasteiger charge is 2.40. The van der Waals surface area contributed by atoms with Crippen molar-refractivity contribution in [2.45, 2.75) is 32.7 Å². The number of hydrogen-bond acceptors (Lipinski definition) is 6. The molecule has 1 saturated heterocycles. The van der Waals surface area contributed by atoms with E-state index in [2.05, 4.69) is 15.3 Å². The summed E-state index contributed by atoms with van der Waals surface area (Å²) in [6.07, 6.45) is 0.336. The van der Waals surface area contributed by atoms with E-state index in [1.54, 1.807) is 24.8 Å². The van der Waals surface area contributed by atoms with E-state index >= 15 is 4.39 Å². The van der Waals surface area contributed by atoms with Crippen LogP contribution in [0, 0.1) is 25.6 Å². The number of carboxylic acid groups (broad SMARTS) is 1. The molecular weight excluding hydrogens is 511 g/mol. The Balaban J connectivity index is 1.23. The molecule has 0 spiro atoms. The fraction of sp³-hybridized carbons (Fsp3) is 0.226. The largest absolute Gasteiger partial charge is 0.480 e. The van der Waals surface area contributed by atoms with Crippen molar-refractivity contribution in [1.82, 2.24) is 9.97 Å². The van der Waals surface area contributed by atoms with Gasteiger partial charge in [0.25, 0.3) is 0 Å². The summed E-state index contributed by atoms with van der Waals surface area (Å²) in [6, 6.07) is 18.9. The van der Waals surface area contributed by atoms with Crippen LogP contribution in [0.4, 0.5) is 15.9 Å². The van der Waals surface area contributed by atoms with Crippen LogP contribution in [0.3, 0.4) is 0 Å². The van der Waals surface area contributed by atoms with Crippen molar-refractivity contribution < 1.29 is 23.5 Å². The Hall–Kier alpha value is -4.79. The van der Waals surface area contributed by atoms with E-state index in [1.165, 1.54) is 6.07 Å². The lowest BCUT2D eigenvalue weighted by molar-refractivity contribution is -0.138. The number of nitrogens with one attached hydrogen (secondary N) is 1. The number of carbonyl (C=O) groups is 2. The second kappa shape index (κ2) is 10.1. The van der Waals surface area contributed by atoms with Crippen molar-refractivity contribution in [3.8, 4) is 11.1 Å². The Kier molecular flexibility index (Phi) is 6.42. The molecule has 2 N–H and O–H groups in total. The quantitative estimate of drug-likeness (QED) is 0.269. The van der Waals surface area contributed by atoms with Gasteiger partial charge in [-0.25, -0.2) is 19.2 Å². The number of hydrogen-bond donors (Lipinski definition) is 2. The van der Waals surface area contributed by atoms with Crippen LogP contribution in [-0.4, -0.2) is 39.5 Å². The van der Waals surface area contributed by atoms with E-state index in [1.807, 2.05) is 54.6 Å². The van der Waals surface area contributed by atoms with Gasteiger partial charge < -0.3 is 19.7 Å². The molecule has 1 aliphatic rings. The second-order valence-electron chi connectivity index (χ2n) is 10.2. The van der Waals surface area contributed by atoms with Crippen LogP contribution in [-0.2, 0) is 9.59 Å². The van der Waals surface area contributed by atoms with Gasteiger partial charge in [-0.1, -0.05) is 42.5 Å². The first kappa shape index (κ1) is 25.5. The Morgan fingerprint density at radius 3 is 2.58 bits per heavy atom. The maximum absolute atomic E-state index is 15.0. The minimum Gasteiger partial charge on any atom is -0.480 e. The lowest BCUT2D eigenvalue weighted by atomic mass is 9.99. The van der Waals surface area contributed by atoms with E-state index < -0.39 is 17.8 Å². The normalized spacial score (nSPS) is 17.0. The summed E-state index contributed by atoms with van der Waals surface area (Å²) in [5, 5.41) is 13.7. The number of carboxylic acids is 1. The third-order valence-electron chi connectivity index (χ3n) is 7.37. The summed E-state index contributed by atoms with van der Waals surface area (Å²) in [7, 11) is 0. The molecule has 40 heavy (non-hydrogen) atoms. The number of aryl methyl sites for hydroxylation is 2. The molecule has 1 fully saturated rings. The van der Waals surface area contributed by atoms with Crippen LogP contribution >= 0.6 is 0 Å². The summed E-state index contributed by atoms with van der Waals surface area (Å²) in [5.74, 6) is -1.09. The zero-order chi connectivity index (χ0) is 28.0. The van der Waals surface area contributed by atoms with Crippen molar-refractivity contribution in [2.24, 2.45) is 5.92 Å². The Morgan fingerprint density at radius 2 is 1.82 bits per heavy atom. The van der Waals surface area contributed by atoms with Gasteiger partial charge in [-0.3, -0.25) is 4.79 Å². The number of halogens is 1. The van der Waals surface area contributed by atoms with E-state index in [4.69, 9.17) is 4.42 Å². The maximum atomic E-state index is 15.0. The van der Waals surface area contributed by atoms with Gasteiger partial charge >= 0.3 is 5.97 Å². The number of furan rings is 1. The highest BCUT2D eigenvalue weighted by atomic mass is 19.1. The van der Waals surface area contributed by atoms with Crippen LogP contribution in [0.15, 0.2) is 71.1 Å². The minimum absolute atomic E-state index is 0.0781. The van der Waals surface area contributed by atoms with E-state index in [9.17, 15) is 14.7 Å². The fourth-order valence-electron chi connectivity index (χ4n) is 5.68. The number of amides is 1. The average Bonchev–Trinajstić information content (AvgIpc) is 3.50. The number of carbonyl (C=O) groups excluding carboxylic acids is 1. The first-order valence-corrected chi connectivity index (χ1v) is 13.1. The van der Waals surface area contributed by atoms with Crippen LogP contribution in [0.5, 0.6) is 0 Å². The second-order valence-corrected chi connectivity index (χ2v) is 10.2. The van der Waals surface area contributed by atoms with Gasteiger partial charge in [-0.15, -0.1) is 0 Å². The Bertz CT molecular complexity index is 1750. The zero-order valence-electron chi connectivity index (χ0n) is 22.0. The topological polar surface area (TPSA) is 109 Å². The molecule has 3 aromatic carbocycles. The zero-order valence-corrected chi connectivity index (χ0v) is 22.0. The number of aliphatic carboxylic acids is 1. The highest BCUT2D eigenvalue weighted by molar-refractivity contribution is 6.06. The summed E-state index contributed by atoms with van der Waals surface area (Å²) >= 11 is 0. The minimum atomic E-state index is -1.00. The van der Waals surface area contributed by atoms with E-state index in [0.717, 1.165) is 10.9 Å². The summed E-state index contributed by atoms with van der Waals surface area (Å²) in [6.45, 7) is 3.86. The molecule has 6 rings (SSSR count). The van der Waals surface area contributed by atoms with Crippen molar-refractivity contribution in [3.05, 3.63) is 83.9 Å². The summed E-state index contributed by atoms with van der Waals surface area (Å²) in [4.78, 5) is 36.1. The average molecular weight is 539 g/mol. The molecule has 0 unspecified atom stereocenters. The van der Waals surface area contributed by atoms with Crippen LogP contribution in [0.2, 0.25) is 0 Å². The van der Waals surface area contributed by atoms with Gasteiger partial charge in [-0.05, 0) is 61.6 Å². The van der Waals surface area contributed by atoms with Crippen LogP contribution < -0.4 is 10.2 Å². The fourth-order valence-corrected chi connectivity index (χ4v) is 5.68. The number of nitrogens with zero attached hydrogens (tertiary/aromatic N) is 3. The van der Waals surface area contributed by atoms with E-state index in [0.29, 0.717) is 51.7 Å². The lowest BCUT2D eigenvalue weighted by Gasteiger charge is -2.22. The van der Waals surface area contributed by atoms with E-state index in [-0.39, 0.29) is 24.7 Å². The molecule has 0 radical (unpaired) electrons. The molecule has 0 aliphatic carbocycles. The maximum Gasteiger partial charge on any atom is 0.326 e. The standard InChI is InChI=1S/C31H27FN4O4/c1-17-12-21(15-23(32)27(17)20-8-4-3-5-9-20)35-26(37)14-19-13-24(31(38)39)36(16-19)30-29-28(33-18(2)34-30)22-10-6-7-11-25(22)40-29/h3-12,15,19,24H,13-14,16H2,1-2H3,(H,35,37)(H,38,39)/t19-,24+/m1/s1. The molecule has 3 heterocycles. The SMILES string of the molecule is Cc1nc(N2C[C@@H](CC(=O)Nc3cc(C)c(-c4ccccc4)c(F)c3)C[C@H]2C(=O)O)c2oc3ccccc3c2n1. The van der Waals surface area contributed by atoms with Gasteiger partial charge in [0.2, 0.25) is 5.91 Å². The van der Waals surface area contributed by atoms with Crippen molar-refractivity contribution in [3.63, 3.8) is 0 Å². The molecule has 9 heteroatoms. The van der Waals surface area contributed by atoms with Crippen molar-refractivity contribution >= 4 is 45.5 Å². The molecule has 5 aromatic rings. The van der Waals surface area contributed by atoms with Gasteiger partial charge in [0.1, 0.15) is 28.8 Å². The van der Waals surface area contributed by atoms with Gasteiger partial charge in [0, 0.05) is 29.6 Å². The summed E-state index contributed by atoms with van der Waals surface area (Å²) in [5.41, 5.74) is 4.01. The van der Waals surface area contributed by atoms with Gasteiger partial charge in [0.05, 0.1) is 0 Å². The molecule has 2 atom stereocenters. The predicted molar refractivity (Wildman–Crippen MR) is 151 cm³/mol. The number of rotatable bonds is 6. The highest BCUT2D eigenvalue weighted by Crippen LogP contribution is 2.38. The molecule has 202 valence electrons. The first-order chi connectivity index (χ1) is 19.3. The van der Waals surface area contributed by atoms with Crippen molar-refractivity contribution in [1.29, 1.82) is 0 Å². The third kappa shape index (κ3) is 4.64. The van der Waals surface area contributed by atoms with Gasteiger partial charge in [-0.2, -0.15) is 0 Å². The molecule has 2 aromatic heterocycles. The molecule has 1 aliphatic heterocycles. The third-order valence-corrected chi connectivity index (χ3v) is 7.37. The molecule has 0 saturated carbocycles. The number of benzene rings is 3. The summed E-state index contributed by atoms with van der Waals surface area (Å²) < 4.78 is 21.1. The monoisotopic (exact) mass is 538 g/mol. The predicted octanol–water partition coefficient (Wildman–Crippen LogP) is 6.11. The number of fused-ring (bicyclic) bond motifs is 3. The van der Waals surface area contributed by atoms with Crippen molar-refractivity contribution in [2.75, 3.05) is 16.8 Å². The lowest BCUT2D eigenvalue weighted by Crippen LogP contribution is -2.36. The Morgan fingerprint density at radius 1 is 1.07 bits per heavy atom. The Labute approximate surface area is 229 Å². The first-order valence-electron chi connectivity index (χ1n) is 13.1. The molecule has 8 nitrogen and oxygen atoms in total. The smallest absolute Gasteiger partial charge is 0.326 e. The number of para-hydroxylation sites is 1.